The second kappa shape index (κ2) is 42.0. The van der Waals surface area contributed by atoms with Crippen LogP contribution in [-0.4, -0.2) is 68.5 Å². The number of rotatable bonds is 45. The Hall–Kier alpha value is -1.28. The maximum atomic E-state index is 12.9. The fourth-order valence-electron chi connectivity index (χ4n) is 7.13. The molecule has 9 heteroatoms. The third-order valence-corrected chi connectivity index (χ3v) is 12.0. The van der Waals surface area contributed by atoms with Crippen LogP contribution in [0.3, 0.4) is 0 Å². The number of quaternary nitrogens is 1. The molecule has 0 rings (SSSR count). The van der Waals surface area contributed by atoms with Gasteiger partial charge in [0.25, 0.3) is 7.82 Å². The lowest BCUT2D eigenvalue weighted by molar-refractivity contribution is -0.870. The van der Waals surface area contributed by atoms with Gasteiger partial charge in [0, 0.05) is 6.42 Å². The van der Waals surface area contributed by atoms with Crippen LogP contribution in [0.15, 0.2) is 36.5 Å². The summed E-state index contributed by atoms with van der Waals surface area (Å²) in [5.41, 5.74) is 0. The highest BCUT2D eigenvalue weighted by Gasteiger charge is 2.23. The lowest BCUT2D eigenvalue weighted by atomic mass is 10.0. The minimum Gasteiger partial charge on any atom is -0.756 e. The number of aliphatic hydroxyl groups is 1. The fourth-order valence-corrected chi connectivity index (χ4v) is 7.85. The number of nitrogens with zero attached hydrogens (tertiary/aromatic N) is 1. The highest BCUT2D eigenvalue weighted by atomic mass is 31.2. The van der Waals surface area contributed by atoms with Crippen LogP contribution in [0.1, 0.15) is 226 Å². The maximum absolute atomic E-state index is 12.9. The summed E-state index contributed by atoms with van der Waals surface area (Å²) in [6.45, 7) is 4.62. The molecule has 0 saturated carbocycles. The second-order valence-corrected chi connectivity index (χ2v) is 19.6. The largest absolute Gasteiger partial charge is 0.756 e. The number of carbonyl (C=O) groups is 1. The molecule has 59 heavy (non-hydrogen) atoms. The molecule has 0 bridgehead atoms. The Kier molecular flexibility index (Phi) is 41.1. The zero-order valence-electron chi connectivity index (χ0n) is 39.5. The molecule has 0 aliphatic heterocycles. The lowest BCUT2D eigenvalue weighted by Gasteiger charge is -2.29. The van der Waals surface area contributed by atoms with E-state index >= 15 is 0 Å². The summed E-state index contributed by atoms with van der Waals surface area (Å²) in [6, 6.07) is -0.906. The molecule has 0 saturated heterocycles. The van der Waals surface area contributed by atoms with E-state index in [2.05, 4.69) is 43.5 Å². The molecule has 0 aliphatic rings. The van der Waals surface area contributed by atoms with Crippen molar-refractivity contribution in [2.24, 2.45) is 0 Å². The van der Waals surface area contributed by atoms with Crippen LogP contribution in [0.4, 0.5) is 0 Å². The van der Waals surface area contributed by atoms with E-state index in [0.717, 1.165) is 44.9 Å². The first-order valence-corrected chi connectivity index (χ1v) is 26.3. The summed E-state index contributed by atoms with van der Waals surface area (Å²) in [4.78, 5) is 25.4. The number of hydrogen-bond donors (Lipinski definition) is 2. The van der Waals surface area contributed by atoms with Gasteiger partial charge in [0.2, 0.25) is 5.91 Å². The molecule has 1 amide bonds. The van der Waals surface area contributed by atoms with Gasteiger partial charge in [-0.3, -0.25) is 9.36 Å². The van der Waals surface area contributed by atoms with Crippen molar-refractivity contribution in [2.75, 3.05) is 40.9 Å². The van der Waals surface area contributed by atoms with Gasteiger partial charge in [-0.15, -0.1) is 0 Å². The first-order chi connectivity index (χ1) is 28.5. The van der Waals surface area contributed by atoms with E-state index in [0.29, 0.717) is 17.4 Å². The molecule has 0 radical (unpaired) electrons. The summed E-state index contributed by atoms with van der Waals surface area (Å²) in [7, 11) is 1.24. The van der Waals surface area contributed by atoms with Crippen molar-refractivity contribution in [2.45, 2.75) is 238 Å². The average Bonchev–Trinajstić information content (AvgIpc) is 3.19. The highest BCUT2D eigenvalue weighted by molar-refractivity contribution is 7.45. The molecule has 8 nitrogen and oxygen atoms in total. The van der Waals surface area contributed by atoms with E-state index in [9.17, 15) is 19.4 Å². The average molecular weight is 853 g/mol. The first kappa shape index (κ1) is 57.7. The molecule has 0 heterocycles. The zero-order valence-corrected chi connectivity index (χ0v) is 40.4. The van der Waals surface area contributed by atoms with Crippen LogP contribution < -0.4 is 10.2 Å². The van der Waals surface area contributed by atoms with Gasteiger partial charge in [-0.05, 0) is 44.9 Å². The van der Waals surface area contributed by atoms with E-state index in [1.54, 1.807) is 6.08 Å². The molecule has 0 aromatic carbocycles. The molecule has 348 valence electrons. The second-order valence-electron chi connectivity index (χ2n) is 18.2. The summed E-state index contributed by atoms with van der Waals surface area (Å²) in [5, 5.41) is 13.8. The summed E-state index contributed by atoms with van der Waals surface area (Å²) in [6.07, 6.45) is 52.0. The van der Waals surface area contributed by atoms with Crippen molar-refractivity contribution in [3.05, 3.63) is 36.5 Å². The minimum absolute atomic E-state index is 0.00774. The number of phosphoric ester groups is 1. The zero-order chi connectivity index (χ0) is 43.6. The molecule has 0 spiro atoms. The van der Waals surface area contributed by atoms with Crippen LogP contribution >= 0.6 is 7.82 Å². The standard InChI is InChI=1S/C50H97N2O6P/c1-6-8-10-12-14-16-18-20-22-23-24-25-26-27-28-30-32-34-36-38-40-42-44-50(54)51-48(47-58-59(55,56)57-46-45-52(3,4)5)49(53)43-41-39-37-35-33-31-29-21-19-17-15-13-11-9-7-2/h19,21,33,35,41,43,48-49,53H,6-18,20,22-32,34,36-40,42,44-47H2,1-5H3,(H-,51,54,55,56)/b21-19+,35-33+,43-41+. The van der Waals surface area contributed by atoms with Crippen LogP contribution in [0, 0.1) is 0 Å². The van der Waals surface area contributed by atoms with E-state index in [-0.39, 0.29) is 12.5 Å². The monoisotopic (exact) mass is 853 g/mol. The Morgan fingerprint density at radius 3 is 1.37 bits per heavy atom. The quantitative estimate of drug-likeness (QED) is 0.0273. The lowest BCUT2D eigenvalue weighted by Crippen LogP contribution is -2.45. The van der Waals surface area contributed by atoms with E-state index in [1.807, 2.05) is 27.2 Å². The number of carbonyl (C=O) groups excluding carboxylic acids is 1. The number of allylic oxidation sites excluding steroid dienone is 5. The Balaban J connectivity index is 4.31. The van der Waals surface area contributed by atoms with E-state index < -0.39 is 26.6 Å². The molecule has 0 aromatic heterocycles. The molecule has 0 aliphatic carbocycles. The van der Waals surface area contributed by atoms with Gasteiger partial charge >= 0.3 is 0 Å². The normalized spacial score (nSPS) is 14.5. The van der Waals surface area contributed by atoms with Crippen molar-refractivity contribution in [3.8, 4) is 0 Å². The molecule has 0 fully saturated rings. The highest BCUT2D eigenvalue weighted by Crippen LogP contribution is 2.38. The maximum Gasteiger partial charge on any atom is 0.268 e. The molecule has 2 N–H and O–H groups in total. The van der Waals surface area contributed by atoms with Gasteiger partial charge in [-0.1, -0.05) is 211 Å². The predicted molar refractivity (Wildman–Crippen MR) is 251 cm³/mol. The van der Waals surface area contributed by atoms with Crippen molar-refractivity contribution < 1.29 is 32.9 Å². The number of hydrogen-bond acceptors (Lipinski definition) is 6. The molecule has 3 unspecified atom stereocenters. The molecular formula is C50H97N2O6P. The third kappa shape index (κ3) is 44.6. The van der Waals surface area contributed by atoms with Gasteiger partial charge in [-0.25, -0.2) is 0 Å². The molecular weight excluding hydrogens is 756 g/mol. The Morgan fingerprint density at radius 2 is 0.949 bits per heavy atom. The summed E-state index contributed by atoms with van der Waals surface area (Å²) in [5.74, 6) is -0.209. The number of unbranched alkanes of at least 4 members (excludes halogenated alkanes) is 28. The van der Waals surface area contributed by atoms with Crippen molar-refractivity contribution in [1.82, 2.24) is 5.32 Å². The summed E-state index contributed by atoms with van der Waals surface area (Å²) >= 11 is 0. The first-order valence-electron chi connectivity index (χ1n) is 24.9. The van der Waals surface area contributed by atoms with Crippen LogP contribution in [0.5, 0.6) is 0 Å². The third-order valence-electron chi connectivity index (χ3n) is 11.1. The van der Waals surface area contributed by atoms with Crippen molar-refractivity contribution >= 4 is 13.7 Å². The number of phosphoric acid groups is 1. The number of likely N-dealkylation sites (N-methyl/N-ethyl adjacent to an activating group) is 1. The van der Waals surface area contributed by atoms with E-state index in [1.165, 1.54) is 161 Å². The van der Waals surface area contributed by atoms with Crippen molar-refractivity contribution in [1.29, 1.82) is 0 Å². The Bertz CT molecular complexity index is 1060. The molecule has 3 atom stereocenters. The van der Waals surface area contributed by atoms with Gasteiger partial charge in [-0.2, -0.15) is 0 Å². The predicted octanol–water partition coefficient (Wildman–Crippen LogP) is 13.6. The Labute approximate surface area is 366 Å². The van der Waals surface area contributed by atoms with Crippen LogP contribution in [0.2, 0.25) is 0 Å². The number of amides is 1. The van der Waals surface area contributed by atoms with E-state index in [4.69, 9.17) is 9.05 Å². The minimum atomic E-state index is -4.60. The van der Waals surface area contributed by atoms with Gasteiger partial charge in [0.1, 0.15) is 13.2 Å². The number of aliphatic hydroxyl groups excluding tert-OH is 1. The van der Waals surface area contributed by atoms with Crippen molar-refractivity contribution in [3.63, 3.8) is 0 Å². The van der Waals surface area contributed by atoms with Crippen LogP contribution in [0.25, 0.3) is 0 Å². The summed E-state index contributed by atoms with van der Waals surface area (Å²) < 4.78 is 23.2. The Morgan fingerprint density at radius 1 is 0.576 bits per heavy atom. The van der Waals surface area contributed by atoms with Crippen LogP contribution in [-0.2, 0) is 18.4 Å². The smallest absolute Gasteiger partial charge is 0.268 e. The topological polar surface area (TPSA) is 108 Å². The SMILES string of the molecule is CCCCCCC/C=C/CC/C=C/CC/C=C/C(O)C(COP(=O)([O-])OCC[N+](C)(C)C)NC(=O)CCCCCCCCCCCCCCCCCCCCCCCC. The van der Waals surface area contributed by atoms with Gasteiger partial charge in [0.05, 0.1) is 39.9 Å². The van der Waals surface area contributed by atoms with Gasteiger partial charge < -0.3 is 28.8 Å². The van der Waals surface area contributed by atoms with Gasteiger partial charge in [0.15, 0.2) is 0 Å². The molecule has 0 aromatic rings. The fraction of sp³-hybridized carbons (Fsp3) is 0.860. The number of nitrogens with one attached hydrogen (secondary N) is 1.